The van der Waals surface area contributed by atoms with Crippen LogP contribution in [0.25, 0.3) is 0 Å². The topological polar surface area (TPSA) is 69.7 Å². The normalized spacial score (nSPS) is 14.2. The standard InChI is InChI=1S/C21H25FN2O4/c1-14(24-15(2)25)11-28-21-8-7-19(10-23-21)27-13-17-5-6-18(9-20(17)22)26-12-16-3-4-16/h5-10,14,16H,3-4,11-13H2,1-2H3,(H,24,25)/t14-/m0/s1. The second kappa shape index (κ2) is 9.39. The van der Waals surface area contributed by atoms with Gasteiger partial charge in [-0.3, -0.25) is 4.79 Å². The van der Waals surface area contributed by atoms with Crippen LogP contribution in [0.3, 0.4) is 0 Å². The van der Waals surface area contributed by atoms with Gasteiger partial charge in [-0.15, -0.1) is 0 Å². The van der Waals surface area contributed by atoms with Crippen LogP contribution in [-0.4, -0.2) is 30.1 Å². The summed E-state index contributed by atoms with van der Waals surface area (Å²) in [4.78, 5) is 15.1. The van der Waals surface area contributed by atoms with Crippen LogP contribution >= 0.6 is 0 Å². The SMILES string of the molecule is CC(=O)N[C@@H](C)COc1ccc(OCc2ccc(OCC3CC3)cc2F)cn1. The molecule has 1 N–H and O–H groups in total. The van der Waals surface area contributed by atoms with Crippen molar-refractivity contribution in [3.05, 3.63) is 47.9 Å². The van der Waals surface area contributed by atoms with E-state index < -0.39 is 0 Å². The van der Waals surface area contributed by atoms with Gasteiger partial charge in [0.25, 0.3) is 0 Å². The third kappa shape index (κ3) is 6.40. The summed E-state index contributed by atoms with van der Waals surface area (Å²) in [7, 11) is 0. The smallest absolute Gasteiger partial charge is 0.217 e. The van der Waals surface area contributed by atoms with Gasteiger partial charge in [0.2, 0.25) is 11.8 Å². The van der Waals surface area contributed by atoms with E-state index in [2.05, 4.69) is 10.3 Å². The van der Waals surface area contributed by atoms with Crippen LogP contribution in [0.2, 0.25) is 0 Å². The Morgan fingerprint density at radius 2 is 2.00 bits per heavy atom. The van der Waals surface area contributed by atoms with Gasteiger partial charge in [0, 0.05) is 24.6 Å². The van der Waals surface area contributed by atoms with E-state index >= 15 is 0 Å². The molecule has 1 fully saturated rings. The number of aromatic nitrogens is 1. The largest absolute Gasteiger partial charge is 0.493 e. The molecular formula is C21H25FN2O4. The molecule has 7 heteroatoms. The number of carbonyl (C=O) groups excluding carboxylic acids is 1. The van der Waals surface area contributed by atoms with Crippen LogP contribution in [0.4, 0.5) is 4.39 Å². The third-order valence-electron chi connectivity index (χ3n) is 4.24. The highest BCUT2D eigenvalue weighted by Gasteiger charge is 2.22. The molecule has 0 radical (unpaired) electrons. The Kier molecular flexibility index (Phi) is 6.68. The molecule has 1 aliphatic carbocycles. The van der Waals surface area contributed by atoms with Gasteiger partial charge in [0.15, 0.2) is 0 Å². The quantitative estimate of drug-likeness (QED) is 0.675. The van der Waals surface area contributed by atoms with Gasteiger partial charge in [0.05, 0.1) is 18.8 Å². The number of hydrogen-bond donors (Lipinski definition) is 1. The molecule has 1 aromatic heterocycles. The zero-order chi connectivity index (χ0) is 19.9. The fourth-order valence-electron chi connectivity index (χ4n) is 2.53. The first kappa shape index (κ1) is 19.9. The molecule has 3 rings (SSSR count). The predicted octanol–water partition coefficient (Wildman–Crippen LogP) is 3.49. The molecule has 1 saturated carbocycles. The number of carbonyl (C=O) groups is 1. The maximum Gasteiger partial charge on any atom is 0.217 e. The van der Waals surface area contributed by atoms with Gasteiger partial charge in [0.1, 0.15) is 30.5 Å². The Morgan fingerprint density at radius 3 is 2.64 bits per heavy atom. The number of nitrogens with one attached hydrogen (secondary N) is 1. The molecule has 0 unspecified atom stereocenters. The molecule has 0 saturated heterocycles. The maximum atomic E-state index is 14.2. The predicted molar refractivity (Wildman–Crippen MR) is 102 cm³/mol. The lowest BCUT2D eigenvalue weighted by Gasteiger charge is -2.13. The highest BCUT2D eigenvalue weighted by Crippen LogP contribution is 2.30. The summed E-state index contributed by atoms with van der Waals surface area (Å²) in [5, 5.41) is 2.73. The van der Waals surface area contributed by atoms with Crippen molar-refractivity contribution in [1.29, 1.82) is 0 Å². The van der Waals surface area contributed by atoms with E-state index in [4.69, 9.17) is 14.2 Å². The van der Waals surface area contributed by atoms with Gasteiger partial charge in [-0.05, 0) is 43.9 Å². The number of halogens is 1. The summed E-state index contributed by atoms with van der Waals surface area (Å²) in [6.45, 7) is 4.36. The van der Waals surface area contributed by atoms with Crippen LogP contribution in [0.1, 0.15) is 32.3 Å². The van der Waals surface area contributed by atoms with Gasteiger partial charge in [-0.25, -0.2) is 9.37 Å². The van der Waals surface area contributed by atoms with Crippen molar-refractivity contribution < 1.29 is 23.4 Å². The van der Waals surface area contributed by atoms with Gasteiger partial charge < -0.3 is 19.5 Å². The van der Waals surface area contributed by atoms with Gasteiger partial charge in [-0.2, -0.15) is 0 Å². The lowest BCUT2D eigenvalue weighted by molar-refractivity contribution is -0.119. The Hall–Kier alpha value is -2.83. The van der Waals surface area contributed by atoms with Crippen molar-refractivity contribution in [2.24, 2.45) is 5.92 Å². The summed E-state index contributed by atoms with van der Waals surface area (Å²) < 4.78 is 30.9. The fourth-order valence-corrected chi connectivity index (χ4v) is 2.53. The van der Waals surface area contributed by atoms with Crippen molar-refractivity contribution >= 4 is 5.91 Å². The zero-order valence-corrected chi connectivity index (χ0v) is 16.1. The molecule has 0 aliphatic heterocycles. The van der Waals surface area contributed by atoms with Crippen LogP contribution in [0.15, 0.2) is 36.5 Å². The number of ether oxygens (including phenoxy) is 3. The van der Waals surface area contributed by atoms with Crippen LogP contribution in [0, 0.1) is 11.7 Å². The summed E-state index contributed by atoms with van der Waals surface area (Å²) in [6, 6.07) is 8.08. The molecular weight excluding hydrogens is 363 g/mol. The second-order valence-corrected chi connectivity index (χ2v) is 7.04. The summed E-state index contributed by atoms with van der Waals surface area (Å²) in [5.74, 6) is 1.64. The summed E-state index contributed by atoms with van der Waals surface area (Å²) in [5.41, 5.74) is 0.447. The first-order valence-corrected chi connectivity index (χ1v) is 9.39. The Morgan fingerprint density at radius 1 is 1.21 bits per heavy atom. The van der Waals surface area contributed by atoms with E-state index in [1.54, 1.807) is 24.3 Å². The average Bonchev–Trinajstić information content (AvgIpc) is 3.49. The van der Waals surface area contributed by atoms with Crippen molar-refractivity contribution in [2.45, 2.75) is 39.3 Å². The van der Waals surface area contributed by atoms with Crippen LogP contribution < -0.4 is 19.5 Å². The first-order valence-electron chi connectivity index (χ1n) is 9.39. The average molecular weight is 388 g/mol. The number of benzene rings is 1. The van der Waals surface area contributed by atoms with Crippen LogP contribution in [-0.2, 0) is 11.4 Å². The minimum Gasteiger partial charge on any atom is -0.493 e. The van der Waals surface area contributed by atoms with E-state index in [1.807, 2.05) is 6.92 Å². The van der Waals surface area contributed by atoms with Gasteiger partial charge >= 0.3 is 0 Å². The monoisotopic (exact) mass is 388 g/mol. The van der Waals surface area contributed by atoms with Crippen molar-refractivity contribution in [3.63, 3.8) is 0 Å². The number of pyridine rings is 1. The van der Waals surface area contributed by atoms with Crippen LogP contribution in [0.5, 0.6) is 17.4 Å². The van der Waals surface area contributed by atoms with E-state index in [1.165, 1.54) is 32.0 Å². The van der Waals surface area contributed by atoms with Crippen molar-refractivity contribution in [2.75, 3.05) is 13.2 Å². The molecule has 1 atom stereocenters. The Bertz CT molecular complexity index is 793. The number of amides is 1. The van der Waals surface area contributed by atoms with Gasteiger partial charge in [-0.1, -0.05) is 0 Å². The first-order chi connectivity index (χ1) is 13.5. The molecule has 1 aliphatic rings. The Balaban J connectivity index is 1.45. The lowest BCUT2D eigenvalue weighted by atomic mass is 10.2. The van der Waals surface area contributed by atoms with E-state index in [0.717, 1.165) is 0 Å². The Labute approximate surface area is 164 Å². The summed E-state index contributed by atoms with van der Waals surface area (Å²) in [6.07, 6.45) is 3.91. The number of hydrogen-bond acceptors (Lipinski definition) is 5. The highest BCUT2D eigenvalue weighted by atomic mass is 19.1. The van der Waals surface area contributed by atoms with E-state index in [-0.39, 0.29) is 24.4 Å². The van der Waals surface area contributed by atoms with E-state index in [9.17, 15) is 9.18 Å². The van der Waals surface area contributed by atoms with Crippen molar-refractivity contribution in [3.8, 4) is 17.4 Å². The second-order valence-electron chi connectivity index (χ2n) is 7.04. The lowest BCUT2D eigenvalue weighted by Crippen LogP contribution is -2.35. The molecule has 1 aromatic carbocycles. The molecule has 2 aromatic rings. The zero-order valence-electron chi connectivity index (χ0n) is 16.1. The summed E-state index contributed by atoms with van der Waals surface area (Å²) >= 11 is 0. The number of rotatable bonds is 10. The maximum absolute atomic E-state index is 14.2. The highest BCUT2D eigenvalue weighted by molar-refractivity contribution is 5.73. The minimum atomic E-state index is -0.354. The fraction of sp³-hybridized carbons (Fsp3) is 0.429. The molecule has 1 heterocycles. The molecule has 1 amide bonds. The number of nitrogens with zero attached hydrogens (tertiary/aromatic N) is 1. The molecule has 0 spiro atoms. The minimum absolute atomic E-state index is 0.0934. The molecule has 28 heavy (non-hydrogen) atoms. The molecule has 6 nitrogen and oxygen atoms in total. The molecule has 0 bridgehead atoms. The van der Waals surface area contributed by atoms with Crippen molar-refractivity contribution in [1.82, 2.24) is 10.3 Å². The third-order valence-corrected chi connectivity index (χ3v) is 4.24. The van der Waals surface area contributed by atoms with E-state index in [0.29, 0.717) is 42.1 Å². The molecule has 150 valence electrons.